The predicted molar refractivity (Wildman–Crippen MR) is 72.9 cm³/mol. The van der Waals surface area contributed by atoms with Crippen LogP contribution in [0.25, 0.3) is 10.9 Å². The Hall–Kier alpha value is -1.94. The second-order valence-electron chi connectivity index (χ2n) is 4.77. The van der Waals surface area contributed by atoms with Gasteiger partial charge in [-0.25, -0.2) is 5.06 Å². The van der Waals surface area contributed by atoms with E-state index in [1.807, 2.05) is 24.3 Å². The van der Waals surface area contributed by atoms with Crippen molar-refractivity contribution in [1.82, 2.24) is 10.0 Å². The fraction of sp³-hybridized carbons (Fsp3) is 0.333. The van der Waals surface area contributed by atoms with Gasteiger partial charge in [0.25, 0.3) is 5.91 Å². The lowest BCUT2D eigenvalue weighted by Gasteiger charge is -2.17. The van der Waals surface area contributed by atoms with Crippen molar-refractivity contribution in [3.63, 3.8) is 0 Å². The second-order valence-corrected chi connectivity index (χ2v) is 4.77. The van der Waals surface area contributed by atoms with Crippen molar-refractivity contribution >= 4 is 16.8 Å². The Morgan fingerprint density at radius 1 is 1.32 bits per heavy atom. The molecule has 0 bridgehead atoms. The summed E-state index contributed by atoms with van der Waals surface area (Å²) in [6.07, 6.45) is 2.94. The number of aromatic nitrogens is 1. The molecule has 4 heteroatoms. The number of nitrogens with zero attached hydrogens (tertiary/aromatic N) is 2. The van der Waals surface area contributed by atoms with E-state index in [0.29, 0.717) is 0 Å². The van der Waals surface area contributed by atoms with Crippen molar-refractivity contribution in [2.45, 2.75) is 19.3 Å². The van der Waals surface area contributed by atoms with Crippen LogP contribution in [0.5, 0.6) is 0 Å². The fourth-order valence-electron chi connectivity index (χ4n) is 2.70. The third kappa shape index (κ3) is 1.88. The first-order valence-corrected chi connectivity index (χ1v) is 6.45. The molecule has 0 unspecified atom stereocenters. The monoisotopic (exact) mass is 256 g/mol. The number of carbonyl (C=O) groups is 1. The van der Waals surface area contributed by atoms with Gasteiger partial charge in [-0.15, -0.1) is 0 Å². The Morgan fingerprint density at radius 2 is 2.11 bits per heavy atom. The quantitative estimate of drug-likeness (QED) is 0.775. The number of carbonyl (C=O) groups excluding carboxylic acids is 1. The first kappa shape index (κ1) is 12.1. The van der Waals surface area contributed by atoms with E-state index in [-0.39, 0.29) is 5.91 Å². The van der Waals surface area contributed by atoms with E-state index in [0.717, 1.165) is 47.0 Å². The van der Waals surface area contributed by atoms with Crippen LogP contribution in [-0.2, 0) is 17.7 Å². The number of aryl methyl sites for hydroxylation is 1. The highest BCUT2D eigenvalue weighted by molar-refractivity contribution is 6.07. The molecule has 0 aliphatic heterocycles. The number of amides is 1. The summed E-state index contributed by atoms with van der Waals surface area (Å²) < 4.78 is 0. The summed E-state index contributed by atoms with van der Waals surface area (Å²) in [7, 11) is 3.14. The van der Waals surface area contributed by atoms with Gasteiger partial charge < -0.3 is 0 Å². The highest BCUT2D eigenvalue weighted by atomic mass is 16.7. The number of benzene rings is 1. The minimum absolute atomic E-state index is 0.0979. The molecule has 0 saturated carbocycles. The van der Waals surface area contributed by atoms with Crippen LogP contribution in [0.2, 0.25) is 0 Å². The molecule has 0 spiro atoms. The Balaban J connectivity index is 2.29. The normalized spacial score (nSPS) is 13.6. The van der Waals surface area contributed by atoms with Gasteiger partial charge in [-0.1, -0.05) is 18.2 Å². The molecule has 4 nitrogen and oxygen atoms in total. The fourth-order valence-corrected chi connectivity index (χ4v) is 2.70. The van der Waals surface area contributed by atoms with E-state index in [2.05, 4.69) is 4.98 Å². The number of rotatable bonds is 2. The highest BCUT2D eigenvalue weighted by Gasteiger charge is 2.25. The SMILES string of the molecule is CON(C)C(=O)c1c2c(nc3ccccc13)CCC2. The standard InChI is InChI=1S/C15H16N2O2/c1-17(19-2)15(18)14-10-6-3-4-8-12(10)16-13-9-5-7-11(13)14/h3-4,6,8H,5,7,9H2,1-2H3. The maximum Gasteiger partial charge on any atom is 0.278 e. The lowest BCUT2D eigenvalue weighted by molar-refractivity contribution is -0.0756. The zero-order valence-corrected chi connectivity index (χ0v) is 11.1. The topological polar surface area (TPSA) is 42.4 Å². The molecule has 1 aliphatic rings. The summed E-state index contributed by atoms with van der Waals surface area (Å²) >= 11 is 0. The molecule has 3 rings (SSSR count). The predicted octanol–water partition coefficient (Wildman–Crippen LogP) is 2.36. The van der Waals surface area contributed by atoms with Crippen LogP contribution in [0.3, 0.4) is 0 Å². The van der Waals surface area contributed by atoms with Crippen LogP contribution < -0.4 is 0 Å². The van der Waals surface area contributed by atoms with E-state index in [1.54, 1.807) is 7.05 Å². The smallest absolute Gasteiger partial charge is 0.274 e. The Bertz CT molecular complexity index is 652. The summed E-state index contributed by atoms with van der Waals surface area (Å²) in [5, 5.41) is 2.19. The molecule has 1 aromatic heterocycles. The molecule has 1 amide bonds. The Morgan fingerprint density at radius 3 is 2.89 bits per heavy atom. The maximum absolute atomic E-state index is 12.5. The lowest BCUT2D eigenvalue weighted by atomic mass is 10.0. The number of hydroxylamine groups is 2. The van der Waals surface area contributed by atoms with Gasteiger partial charge in [0.05, 0.1) is 18.2 Å². The largest absolute Gasteiger partial charge is 0.278 e. The third-order valence-electron chi connectivity index (χ3n) is 3.69. The molecule has 0 saturated heterocycles. The summed E-state index contributed by atoms with van der Waals surface area (Å²) in [5.41, 5.74) is 3.79. The van der Waals surface area contributed by atoms with Gasteiger partial charge >= 0.3 is 0 Å². The number of hydrogen-bond donors (Lipinski definition) is 0. The average Bonchev–Trinajstić information content (AvgIpc) is 2.90. The van der Waals surface area contributed by atoms with Crippen LogP contribution in [-0.4, -0.2) is 30.1 Å². The summed E-state index contributed by atoms with van der Waals surface area (Å²) in [6.45, 7) is 0. The number of para-hydroxylation sites is 1. The summed E-state index contributed by atoms with van der Waals surface area (Å²) in [4.78, 5) is 22.2. The van der Waals surface area contributed by atoms with E-state index >= 15 is 0 Å². The van der Waals surface area contributed by atoms with Crippen LogP contribution in [0.1, 0.15) is 28.0 Å². The van der Waals surface area contributed by atoms with Crippen LogP contribution in [0, 0.1) is 0 Å². The zero-order chi connectivity index (χ0) is 13.4. The van der Waals surface area contributed by atoms with Crippen molar-refractivity contribution in [3.05, 3.63) is 41.1 Å². The van der Waals surface area contributed by atoms with Crippen molar-refractivity contribution < 1.29 is 9.63 Å². The van der Waals surface area contributed by atoms with Gasteiger partial charge in [0.15, 0.2) is 0 Å². The number of pyridine rings is 1. The zero-order valence-electron chi connectivity index (χ0n) is 11.1. The van der Waals surface area contributed by atoms with Crippen LogP contribution in [0.4, 0.5) is 0 Å². The molecule has 98 valence electrons. The first-order chi connectivity index (χ1) is 9.22. The van der Waals surface area contributed by atoms with Gasteiger partial charge in [-0.2, -0.15) is 0 Å². The molecule has 1 heterocycles. The number of fused-ring (bicyclic) bond motifs is 2. The van der Waals surface area contributed by atoms with Gasteiger partial charge in [-0.3, -0.25) is 14.6 Å². The maximum atomic E-state index is 12.5. The van der Waals surface area contributed by atoms with Crippen molar-refractivity contribution in [2.24, 2.45) is 0 Å². The molecular weight excluding hydrogens is 240 g/mol. The Kier molecular flexibility index (Phi) is 2.95. The van der Waals surface area contributed by atoms with E-state index < -0.39 is 0 Å². The number of hydrogen-bond acceptors (Lipinski definition) is 3. The van der Waals surface area contributed by atoms with E-state index in [9.17, 15) is 4.79 Å². The third-order valence-corrected chi connectivity index (χ3v) is 3.69. The molecule has 1 aliphatic carbocycles. The molecule has 2 aromatic rings. The van der Waals surface area contributed by atoms with Gasteiger partial charge in [0, 0.05) is 18.1 Å². The molecule has 0 N–H and O–H groups in total. The van der Waals surface area contributed by atoms with Gasteiger partial charge in [0.2, 0.25) is 0 Å². The molecule has 0 radical (unpaired) electrons. The van der Waals surface area contributed by atoms with Gasteiger partial charge in [0.1, 0.15) is 0 Å². The minimum Gasteiger partial charge on any atom is -0.274 e. The molecule has 0 atom stereocenters. The highest BCUT2D eigenvalue weighted by Crippen LogP contribution is 2.30. The van der Waals surface area contributed by atoms with Crippen LogP contribution in [0.15, 0.2) is 24.3 Å². The second kappa shape index (κ2) is 4.63. The van der Waals surface area contributed by atoms with E-state index in [4.69, 9.17) is 4.84 Å². The van der Waals surface area contributed by atoms with Crippen molar-refractivity contribution in [1.29, 1.82) is 0 Å². The van der Waals surface area contributed by atoms with Gasteiger partial charge in [-0.05, 0) is 30.9 Å². The van der Waals surface area contributed by atoms with Crippen LogP contribution >= 0.6 is 0 Å². The molecule has 19 heavy (non-hydrogen) atoms. The molecule has 0 fully saturated rings. The van der Waals surface area contributed by atoms with E-state index in [1.165, 1.54) is 12.2 Å². The minimum atomic E-state index is -0.0979. The summed E-state index contributed by atoms with van der Waals surface area (Å²) in [5.74, 6) is -0.0979. The van der Waals surface area contributed by atoms with Crippen molar-refractivity contribution in [3.8, 4) is 0 Å². The molecular formula is C15H16N2O2. The first-order valence-electron chi connectivity index (χ1n) is 6.45. The lowest BCUT2D eigenvalue weighted by Crippen LogP contribution is -2.27. The van der Waals surface area contributed by atoms with Crippen molar-refractivity contribution in [2.75, 3.05) is 14.2 Å². The molecule has 1 aromatic carbocycles. The summed E-state index contributed by atoms with van der Waals surface area (Å²) in [6, 6.07) is 7.80. The Labute approximate surface area is 112 Å². The average molecular weight is 256 g/mol.